The Morgan fingerprint density at radius 1 is 1.00 bits per heavy atom. The summed E-state index contributed by atoms with van der Waals surface area (Å²) in [5.41, 5.74) is 1.66. The summed E-state index contributed by atoms with van der Waals surface area (Å²) in [5, 5.41) is 18.5. The Bertz CT molecular complexity index is 555. The maximum atomic E-state index is 9.03. The molecule has 0 saturated heterocycles. The van der Waals surface area contributed by atoms with Crippen LogP contribution < -0.4 is 4.74 Å². The predicted molar refractivity (Wildman–Crippen MR) is 74.7 cm³/mol. The summed E-state index contributed by atoms with van der Waals surface area (Å²) in [6.07, 6.45) is 0.530. The summed E-state index contributed by atoms with van der Waals surface area (Å²) < 4.78 is 5.77. The van der Waals surface area contributed by atoms with Gasteiger partial charge < -0.3 is 14.9 Å². The lowest BCUT2D eigenvalue weighted by molar-refractivity contribution is 0.281. The molecule has 0 heterocycles. The number of aliphatic hydroxyl groups excluding tert-OH is 2. The van der Waals surface area contributed by atoms with Crippen molar-refractivity contribution in [2.24, 2.45) is 0 Å². The largest absolute Gasteiger partial charge is 0.456 e. The molecule has 0 bridgehead atoms. The van der Waals surface area contributed by atoms with Crippen LogP contribution >= 0.6 is 11.6 Å². The number of rotatable bonds is 5. The van der Waals surface area contributed by atoms with Gasteiger partial charge in [-0.1, -0.05) is 35.9 Å². The maximum Gasteiger partial charge on any atom is 0.146 e. The van der Waals surface area contributed by atoms with Gasteiger partial charge in [0.2, 0.25) is 0 Å². The van der Waals surface area contributed by atoms with Gasteiger partial charge in [0.05, 0.1) is 11.6 Å². The highest BCUT2D eigenvalue weighted by atomic mass is 35.5. The fourth-order valence-electron chi connectivity index (χ4n) is 1.77. The van der Waals surface area contributed by atoms with Crippen LogP contribution in [0.5, 0.6) is 11.5 Å². The van der Waals surface area contributed by atoms with E-state index in [0.717, 1.165) is 11.1 Å². The second kappa shape index (κ2) is 6.57. The summed E-state index contributed by atoms with van der Waals surface area (Å²) >= 11 is 6.10. The van der Waals surface area contributed by atoms with Crippen LogP contribution in [0.2, 0.25) is 5.02 Å². The third-order valence-corrected chi connectivity index (χ3v) is 3.05. The molecule has 2 N–H and O–H groups in total. The van der Waals surface area contributed by atoms with E-state index in [4.69, 9.17) is 26.6 Å². The second-order valence-electron chi connectivity index (χ2n) is 4.11. The van der Waals surface area contributed by atoms with Crippen LogP contribution in [0.25, 0.3) is 0 Å². The zero-order valence-electron chi connectivity index (χ0n) is 10.3. The zero-order chi connectivity index (χ0) is 13.7. The van der Waals surface area contributed by atoms with Gasteiger partial charge in [-0.15, -0.1) is 0 Å². The molecule has 3 nitrogen and oxygen atoms in total. The number of hydrogen-bond donors (Lipinski definition) is 2. The highest BCUT2D eigenvalue weighted by Crippen LogP contribution is 2.32. The average molecular weight is 279 g/mol. The van der Waals surface area contributed by atoms with Gasteiger partial charge in [-0.25, -0.2) is 0 Å². The van der Waals surface area contributed by atoms with E-state index >= 15 is 0 Å². The fourth-order valence-corrected chi connectivity index (χ4v) is 2.02. The van der Waals surface area contributed by atoms with Crippen molar-refractivity contribution in [1.29, 1.82) is 0 Å². The molecule has 0 amide bonds. The third-order valence-electron chi connectivity index (χ3n) is 2.75. The van der Waals surface area contributed by atoms with Gasteiger partial charge in [0.25, 0.3) is 0 Å². The lowest BCUT2D eigenvalue weighted by atomic mass is 10.1. The Hall–Kier alpha value is -1.55. The molecule has 0 saturated carbocycles. The molecule has 0 atom stereocenters. The first-order valence-corrected chi connectivity index (χ1v) is 6.38. The first-order chi connectivity index (χ1) is 9.24. The second-order valence-corrected chi connectivity index (χ2v) is 4.51. The summed E-state index contributed by atoms with van der Waals surface area (Å²) in [5.74, 6) is 1.21. The molecule has 4 heteroatoms. The van der Waals surface area contributed by atoms with Crippen molar-refractivity contribution in [3.63, 3.8) is 0 Å². The van der Waals surface area contributed by atoms with E-state index in [2.05, 4.69) is 0 Å². The van der Waals surface area contributed by atoms with Crippen molar-refractivity contribution in [3.05, 3.63) is 58.6 Å². The number of aliphatic hydroxyl groups is 2. The molecule has 2 aromatic rings. The number of para-hydroxylation sites is 1. The number of benzene rings is 2. The van der Waals surface area contributed by atoms with E-state index in [1.165, 1.54) is 0 Å². The zero-order valence-corrected chi connectivity index (χ0v) is 11.1. The molecule has 0 fully saturated rings. The van der Waals surface area contributed by atoms with Crippen LogP contribution in [0.15, 0.2) is 42.5 Å². The van der Waals surface area contributed by atoms with Crippen molar-refractivity contribution in [2.75, 3.05) is 6.61 Å². The summed E-state index contributed by atoms with van der Waals surface area (Å²) in [7, 11) is 0. The smallest absolute Gasteiger partial charge is 0.146 e. The minimum atomic E-state index is -0.0545. The van der Waals surface area contributed by atoms with Crippen molar-refractivity contribution in [2.45, 2.75) is 13.0 Å². The molecule has 100 valence electrons. The number of hydrogen-bond acceptors (Lipinski definition) is 3. The van der Waals surface area contributed by atoms with Crippen LogP contribution in [0, 0.1) is 0 Å². The van der Waals surface area contributed by atoms with Gasteiger partial charge in [-0.3, -0.25) is 0 Å². The van der Waals surface area contributed by atoms with E-state index in [0.29, 0.717) is 22.9 Å². The minimum absolute atomic E-state index is 0.0545. The molecule has 0 aromatic heterocycles. The topological polar surface area (TPSA) is 49.7 Å². The molecule has 0 unspecified atom stereocenters. The quantitative estimate of drug-likeness (QED) is 0.883. The first-order valence-electron chi connectivity index (χ1n) is 6.00. The van der Waals surface area contributed by atoms with Gasteiger partial charge in [0, 0.05) is 6.61 Å². The van der Waals surface area contributed by atoms with Crippen molar-refractivity contribution in [1.82, 2.24) is 0 Å². The Labute approximate surface area is 117 Å². The van der Waals surface area contributed by atoms with Crippen molar-refractivity contribution < 1.29 is 14.9 Å². The lowest BCUT2D eigenvalue weighted by Gasteiger charge is -2.12. The molecule has 0 aliphatic rings. The summed E-state index contributed by atoms with van der Waals surface area (Å²) in [4.78, 5) is 0. The van der Waals surface area contributed by atoms with E-state index in [1.807, 2.05) is 24.3 Å². The number of ether oxygens (including phenoxy) is 1. The molecular weight excluding hydrogens is 264 g/mol. The number of halogens is 1. The Morgan fingerprint density at radius 2 is 1.79 bits per heavy atom. The molecular formula is C15H15ClO3. The monoisotopic (exact) mass is 278 g/mol. The lowest BCUT2D eigenvalue weighted by Crippen LogP contribution is -1.95. The maximum absolute atomic E-state index is 9.03. The van der Waals surface area contributed by atoms with Crippen molar-refractivity contribution in [3.8, 4) is 11.5 Å². The predicted octanol–water partition coefficient (Wildman–Crippen LogP) is 3.16. The Morgan fingerprint density at radius 3 is 2.47 bits per heavy atom. The Balaban J connectivity index is 2.26. The van der Waals surface area contributed by atoms with Crippen LogP contribution in [-0.2, 0) is 13.0 Å². The first kappa shape index (κ1) is 13.9. The Kier molecular flexibility index (Phi) is 4.80. The van der Waals surface area contributed by atoms with Crippen LogP contribution in [0.1, 0.15) is 11.1 Å². The van der Waals surface area contributed by atoms with Gasteiger partial charge in [-0.05, 0) is 35.7 Å². The van der Waals surface area contributed by atoms with Crippen LogP contribution in [0.3, 0.4) is 0 Å². The molecule has 0 radical (unpaired) electrons. The molecule has 2 rings (SSSR count). The highest BCUT2D eigenvalue weighted by Gasteiger charge is 2.07. The van der Waals surface area contributed by atoms with Crippen LogP contribution in [-0.4, -0.2) is 16.8 Å². The molecule has 0 spiro atoms. The minimum Gasteiger partial charge on any atom is -0.456 e. The van der Waals surface area contributed by atoms with Gasteiger partial charge in [0.1, 0.15) is 11.5 Å². The highest BCUT2D eigenvalue weighted by molar-refractivity contribution is 6.32. The molecule has 0 aliphatic carbocycles. The standard InChI is InChI=1S/C15H15ClO3/c16-13-9-11(10-18)5-6-15(13)19-14-4-2-1-3-12(14)7-8-17/h1-6,9,17-18H,7-8,10H2. The van der Waals surface area contributed by atoms with Gasteiger partial charge in [0.15, 0.2) is 0 Å². The molecule has 19 heavy (non-hydrogen) atoms. The van der Waals surface area contributed by atoms with E-state index in [-0.39, 0.29) is 13.2 Å². The van der Waals surface area contributed by atoms with Gasteiger partial charge >= 0.3 is 0 Å². The summed E-state index contributed by atoms with van der Waals surface area (Å²) in [6.45, 7) is 0.0126. The summed E-state index contributed by atoms with van der Waals surface area (Å²) in [6, 6.07) is 12.7. The van der Waals surface area contributed by atoms with E-state index in [1.54, 1.807) is 18.2 Å². The normalized spacial score (nSPS) is 10.5. The molecule has 2 aromatic carbocycles. The molecule has 0 aliphatic heterocycles. The third kappa shape index (κ3) is 3.47. The van der Waals surface area contributed by atoms with Gasteiger partial charge in [-0.2, -0.15) is 0 Å². The SMILES string of the molecule is OCCc1ccccc1Oc1ccc(CO)cc1Cl. The fraction of sp³-hybridized carbons (Fsp3) is 0.200. The van der Waals surface area contributed by atoms with Crippen LogP contribution in [0.4, 0.5) is 0 Å². The van der Waals surface area contributed by atoms with E-state index in [9.17, 15) is 0 Å². The van der Waals surface area contributed by atoms with E-state index < -0.39 is 0 Å². The average Bonchev–Trinajstić information content (AvgIpc) is 2.43. The van der Waals surface area contributed by atoms with Crippen molar-refractivity contribution >= 4 is 11.6 Å².